The lowest BCUT2D eigenvalue weighted by atomic mass is 10.2. The smallest absolute Gasteiger partial charge is 0.345 e. The van der Waals surface area contributed by atoms with E-state index in [2.05, 4.69) is 15.8 Å². The zero-order valence-corrected chi connectivity index (χ0v) is 19.4. The van der Waals surface area contributed by atoms with Crippen molar-refractivity contribution < 1.29 is 18.7 Å². The number of nitrogens with one attached hydrogen (secondary N) is 2. The summed E-state index contributed by atoms with van der Waals surface area (Å²) in [5.41, 5.74) is 3.10. The van der Waals surface area contributed by atoms with Crippen LogP contribution in [0.25, 0.3) is 0 Å². The van der Waals surface area contributed by atoms with Crippen LogP contribution in [0.2, 0.25) is 20.1 Å². The lowest BCUT2D eigenvalue weighted by Gasteiger charge is -2.06. The summed E-state index contributed by atoms with van der Waals surface area (Å²) in [5.74, 6) is -1.17. The van der Waals surface area contributed by atoms with Crippen LogP contribution in [-0.2, 0) is 4.74 Å². The fraction of sp³-hybridized carbons (Fsp3) is 0.0952. The number of rotatable bonds is 7. The summed E-state index contributed by atoms with van der Waals surface area (Å²) in [6.07, 6.45) is 1.16. The van der Waals surface area contributed by atoms with Gasteiger partial charge in [-0.05, 0) is 43.3 Å². The van der Waals surface area contributed by atoms with Crippen molar-refractivity contribution in [2.45, 2.75) is 6.92 Å². The van der Waals surface area contributed by atoms with Gasteiger partial charge in [-0.1, -0.05) is 52.5 Å². The van der Waals surface area contributed by atoms with Gasteiger partial charge in [-0.25, -0.2) is 10.2 Å². The third-order valence-corrected chi connectivity index (χ3v) is 5.32. The Morgan fingerprint density at radius 3 is 2.56 bits per heavy atom. The van der Waals surface area contributed by atoms with Crippen molar-refractivity contribution in [1.29, 1.82) is 0 Å². The van der Waals surface area contributed by atoms with Gasteiger partial charge in [0.2, 0.25) is 5.88 Å². The largest absolute Gasteiger partial charge is 0.462 e. The minimum Gasteiger partial charge on any atom is -0.462 e. The van der Waals surface area contributed by atoms with Crippen LogP contribution in [0.3, 0.4) is 0 Å². The minimum absolute atomic E-state index is 0.0219. The van der Waals surface area contributed by atoms with Gasteiger partial charge in [0.15, 0.2) is 5.76 Å². The summed E-state index contributed by atoms with van der Waals surface area (Å²) >= 11 is 24.1. The second kappa shape index (κ2) is 10.7. The number of carbonyl (C=O) groups excluding carboxylic acids is 2. The summed E-state index contributed by atoms with van der Waals surface area (Å²) in [6.45, 7) is 1.80. The highest BCUT2D eigenvalue weighted by Gasteiger charge is 2.25. The molecular formula is C21H15Cl4N3O4. The van der Waals surface area contributed by atoms with E-state index in [1.54, 1.807) is 31.2 Å². The van der Waals surface area contributed by atoms with Crippen LogP contribution in [0, 0.1) is 0 Å². The number of hydrogen-bond donors (Lipinski definition) is 2. The van der Waals surface area contributed by atoms with Crippen molar-refractivity contribution in [2.75, 3.05) is 11.9 Å². The first-order valence-corrected chi connectivity index (χ1v) is 10.6. The number of benzene rings is 2. The van der Waals surface area contributed by atoms with Crippen LogP contribution < -0.4 is 10.7 Å². The highest BCUT2D eigenvalue weighted by atomic mass is 35.5. The SMILES string of the molecule is CCOC(=O)c1c(Nc2cccc(Cl)c2)oc(/C=N\NC(=O)c2ccc(Cl)c(Cl)c2)c1Cl. The Hall–Kier alpha value is -2.71. The molecule has 1 amide bonds. The highest BCUT2D eigenvalue weighted by molar-refractivity contribution is 6.42. The van der Waals surface area contributed by atoms with Gasteiger partial charge >= 0.3 is 5.97 Å². The normalized spacial score (nSPS) is 10.9. The zero-order chi connectivity index (χ0) is 23.3. The first-order valence-electron chi connectivity index (χ1n) is 9.10. The molecule has 0 fully saturated rings. The Morgan fingerprint density at radius 2 is 1.88 bits per heavy atom. The van der Waals surface area contributed by atoms with Crippen LogP contribution in [0.1, 0.15) is 33.4 Å². The molecular weight excluding hydrogens is 500 g/mol. The van der Waals surface area contributed by atoms with E-state index in [1.165, 1.54) is 18.2 Å². The second-order valence-corrected chi connectivity index (χ2v) is 7.80. The van der Waals surface area contributed by atoms with Crippen molar-refractivity contribution in [3.63, 3.8) is 0 Å². The van der Waals surface area contributed by atoms with Gasteiger partial charge in [0.05, 0.1) is 22.9 Å². The molecule has 0 unspecified atom stereocenters. The highest BCUT2D eigenvalue weighted by Crippen LogP contribution is 2.34. The third kappa shape index (κ3) is 5.75. The predicted octanol–water partition coefficient (Wildman–Crippen LogP) is 6.58. The Bertz CT molecular complexity index is 1190. The van der Waals surface area contributed by atoms with Crippen LogP contribution in [0.15, 0.2) is 52.0 Å². The first-order chi connectivity index (χ1) is 15.3. The molecule has 0 saturated carbocycles. The molecule has 0 atom stereocenters. The molecule has 11 heteroatoms. The number of hydrazone groups is 1. The van der Waals surface area contributed by atoms with Crippen molar-refractivity contribution in [2.24, 2.45) is 5.10 Å². The average Bonchev–Trinajstić information content (AvgIpc) is 3.05. The molecule has 3 aromatic rings. The number of anilines is 2. The van der Waals surface area contributed by atoms with Crippen molar-refractivity contribution in [1.82, 2.24) is 5.43 Å². The fourth-order valence-corrected chi connectivity index (χ4v) is 3.27. The van der Waals surface area contributed by atoms with Gasteiger partial charge < -0.3 is 14.5 Å². The van der Waals surface area contributed by atoms with Gasteiger partial charge in [-0.2, -0.15) is 5.10 Å². The molecule has 0 radical (unpaired) electrons. The molecule has 0 aliphatic rings. The Morgan fingerprint density at radius 1 is 1.09 bits per heavy atom. The number of hydrogen-bond acceptors (Lipinski definition) is 6. The standard InChI is InChI=1S/C21H15Cl4N3O4/c1-2-31-21(30)17-18(25)16(32-20(17)27-13-5-3-4-12(22)9-13)10-26-28-19(29)11-6-7-14(23)15(24)8-11/h3-10,27H,2H2,1H3,(H,28,29)/b26-10-. The molecule has 2 aromatic carbocycles. The Kier molecular flexibility index (Phi) is 8.04. The lowest BCUT2D eigenvalue weighted by Crippen LogP contribution is -2.17. The van der Waals surface area contributed by atoms with Crippen LogP contribution in [0.5, 0.6) is 0 Å². The van der Waals surface area contributed by atoms with E-state index in [-0.39, 0.29) is 39.4 Å². The van der Waals surface area contributed by atoms with Gasteiger partial charge in [-0.3, -0.25) is 4.79 Å². The summed E-state index contributed by atoms with van der Waals surface area (Å²) in [5, 5.41) is 7.76. The summed E-state index contributed by atoms with van der Waals surface area (Å²) < 4.78 is 10.7. The maximum absolute atomic E-state index is 12.4. The Balaban J connectivity index is 1.84. The van der Waals surface area contributed by atoms with E-state index in [0.29, 0.717) is 15.7 Å². The number of nitrogens with zero attached hydrogens (tertiary/aromatic N) is 1. The van der Waals surface area contributed by atoms with Gasteiger partial charge in [-0.15, -0.1) is 0 Å². The van der Waals surface area contributed by atoms with E-state index < -0.39 is 11.9 Å². The lowest BCUT2D eigenvalue weighted by molar-refractivity contribution is 0.0527. The number of esters is 1. The number of carbonyl (C=O) groups is 2. The molecule has 1 aromatic heterocycles. The van der Waals surface area contributed by atoms with E-state index in [9.17, 15) is 9.59 Å². The fourth-order valence-electron chi connectivity index (χ4n) is 2.53. The first kappa shape index (κ1) is 23.9. The van der Waals surface area contributed by atoms with E-state index >= 15 is 0 Å². The molecule has 7 nitrogen and oxygen atoms in total. The van der Waals surface area contributed by atoms with Gasteiger partial charge in [0.1, 0.15) is 10.6 Å². The molecule has 0 aliphatic carbocycles. The summed E-state index contributed by atoms with van der Waals surface area (Å²) in [6, 6.07) is 11.2. The number of ether oxygens (including phenoxy) is 1. The number of furan rings is 1. The minimum atomic E-state index is -0.690. The third-order valence-electron chi connectivity index (χ3n) is 3.97. The quantitative estimate of drug-likeness (QED) is 0.211. The molecule has 2 N–H and O–H groups in total. The number of halogens is 4. The summed E-state index contributed by atoms with van der Waals surface area (Å²) in [4.78, 5) is 24.6. The van der Waals surface area contributed by atoms with Crippen LogP contribution in [-0.4, -0.2) is 24.7 Å². The second-order valence-electron chi connectivity index (χ2n) is 6.17. The number of amides is 1. The van der Waals surface area contributed by atoms with E-state index in [1.807, 2.05) is 0 Å². The average molecular weight is 515 g/mol. The molecule has 166 valence electrons. The molecule has 1 heterocycles. The van der Waals surface area contributed by atoms with E-state index in [0.717, 1.165) is 6.21 Å². The van der Waals surface area contributed by atoms with Crippen molar-refractivity contribution in [3.8, 4) is 0 Å². The van der Waals surface area contributed by atoms with Crippen LogP contribution >= 0.6 is 46.4 Å². The molecule has 0 spiro atoms. The Labute approximate surface area is 203 Å². The molecule has 0 bridgehead atoms. The topological polar surface area (TPSA) is 92.9 Å². The monoisotopic (exact) mass is 513 g/mol. The molecule has 0 aliphatic heterocycles. The van der Waals surface area contributed by atoms with E-state index in [4.69, 9.17) is 55.6 Å². The van der Waals surface area contributed by atoms with Crippen LogP contribution in [0.4, 0.5) is 11.6 Å². The molecule has 32 heavy (non-hydrogen) atoms. The maximum atomic E-state index is 12.4. The summed E-state index contributed by atoms with van der Waals surface area (Å²) in [7, 11) is 0. The molecule has 0 saturated heterocycles. The van der Waals surface area contributed by atoms with Gasteiger partial charge in [0, 0.05) is 16.3 Å². The van der Waals surface area contributed by atoms with Crippen molar-refractivity contribution in [3.05, 3.63) is 79.4 Å². The van der Waals surface area contributed by atoms with Gasteiger partial charge in [0.25, 0.3) is 5.91 Å². The molecule has 3 rings (SSSR count). The maximum Gasteiger partial charge on any atom is 0.345 e. The zero-order valence-electron chi connectivity index (χ0n) is 16.4. The van der Waals surface area contributed by atoms with Crippen molar-refractivity contribution >= 4 is 76.1 Å². The predicted molar refractivity (Wildman–Crippen MR) is 126 cm³/mol.